The summed E-state index contributed by atoms with van der Waals surface area (Å²) in [6.45, 7) is 2.10. The number of amides is 2. The van der Waals surface area contributed by atoms with Crippen molar-refractivity contribution >= 4 is 11.8 Å². The Morgan fingerprint density at radius 2 is 2.07 bits per heavy atom. The first-order valence-corrected chi connectivity index (χ1v) is 9.09. The fraction of sp³-hybridized carbons (Fsp3) is 0.474. The molecule has 142 valence electrons. The zero-order chi connectivity index (χ0) is 18.8. The number of carbonyl (C=O) groups excluding carboxylic acids is 2. The number of furan rings is 1. The highest BCUT2D eigenvalue weighted by Gasteiger charge is 2.40. The van der Waals surface area contributed by atoms with Crippen LogP contribution >= 0.6 is 0 Å². The minimum absolute atomic E-state index is 0.0205. The van der Waals surface area contributed by atoms with Crippen molar-refractivity contribution in [1.82, 2.24) is 19.8 Å². The molecule has 5 rings (SSSR count). The van der Waals surface area contributed by atoms with Crippen LogP contribution in [0.4, 0.5) is 0 Å². The van der Waals surface area contributed by atoms with Crippen LogP contribution in [0.1, 0.15) is 39.6 Å². The van der Waals surface area contributed by atoms with E-state index in [1.54, 1.807) is 30.3 Å². The van der Waals surface area contributed by atoms with E-state index >= 15 is 0 Å². The topological polar surface area (TPSA) is 88.8 Å². The summed E-state index contributed by atoms with van der Waals surface area (Å²) in [4.78, 5) is 37.5. The number of aromatic nitrogens is 2. The number of methoxy groups -OCH3 is 1. The van der Waals surface area contributed by atoms with Gasteiger partial charge in [-0.1, -0.05) is 0 Å². The third kappa shape index (κ3) is 3.57. The van der Waals surface area contributed by atoms with Gasteiger partial charge < -0.3 is 19.0 Å². The molecule has 5 heterocycles. The maximum absolute atomic E-state index is 13.0. The lowest BCUT2D eigenvalue weighted by molar-refractivity contribution is 0.0538. The first-order valence-electron chi connectivity index (χ1n) is 9.09. The van der Waals surface area contributed by atoms with Gasteiger partial charge in [-0.3, -0.25) is 14.6 Å². The lowest BCUT2D eigenvalue weighted by Gasteiger charge is -2.35. The number of carbonyl (C=O) groups is 2. The van der Waals surface area contributed by atoms with Gasteiger partial charge in [-0.15, -0.1) is 0 Å². The zero-order valence-corrected chi connectivity index (χ0v) is 15.2. The van der Waals surface area contributed by atoms with Crippen LogP contribution in [0.15, 0.2) is 35.1 Å². The van der Waals surface area contributed by atoms with Gasteiger partial charge in [-0.25, -0.2) is 4.98 Å². The average Bonchev–Trinajstić information content (AvgIpc) is 2.97. The molecule has 3 saturated heterocycles. The fourth-order valence-electron chi connectivity index (χ4n) is 3.92. The molecule has 0 saturated carbocycles. The molecule has 2 aromatic heterocycles. The number of fused-ring (bicyclic) bond motifs is 4. The molecule has 3 fully saturated rings. The Morgan fingerprint density at radius 3 is 2.85 bits per heavy atom. The van der Waals surface area contributed by atoms with E-state index in [1.807, 2.05) is 4.90 Å². The molecule has 2 aromatic rings. The number of hydrogen-bond donors (Lipinski definition) is 0. The Morgan fingerprint density at radius 1 is 1.19 bits per heavy atom. The van der Waals surface area contributed by atoms with E-state index in [2.05, 4.69) is 9.97 Å². The standard InChI is InChI=1S/C19H22N4O4/c1-26-12-15-4-5-17(27-15)19(25)23-10-13-2-3-14(23)11-22(9-13)18(24)16-8-20-6-7-21-16/h4-8,13-14H,2-3,9-12H2,1H3. The summed E-state index contributed by atoms with van der Waals surface area (Å²) in [5, 5.41) is 0. The van der Waals surface area contributed by atoms with Crippen LogP contribution in [0.2, 0.25) is 0 Å². The van der Waals surface area contributed by atoms with Gasteiger partial charge in [0, 0.05) is 45.2 Å². The van der Waals surface area contributed by atoms with Crippen LogP contribution in [0.5, 0.6) is 0 Å². The molecule has 8 nitrogen and oxygen atoms in total. The highest BCUT2D eigenvalue weighted by atomic mass is 16.5. The van der Waals surface area contributed by atoms with Crippen LogP contribution in [0, 0.1) is 5.92 Å². The molecule has 2 atom stereocenters. The third-order valence-corrected chi connectivity index (χ3v) is 5.20. The van der Waals surface area contributed by atoms with Gasteiger partial charge in [0.25, 0.3) is 11.8 Å². The summed E-state index contributed by atoms with van der Waals surface area (Å²) in [6, 6.07) is 3.43. The monoisotopic (exact) mass is 370 g/mol. The smallest absolute Gasteiger partial charge is 0.289 e. The fourth-order valence-corrected chi connectivity index (χ4v) is 3.92. The van der Waals surface area contributed by atoms with Gasteiger partial charge in [0.1, 0.15) is 18.1 Å². The van der Waals surface area contributed by atoms with Crippen LogP contribution in [0.25, 0.3) is 0 Å². The van der Waals surface area contributed by atoms with E-state index in [1.165, 1.54) is 12.4 Å². The van der Waals surface area contributed by atoms with Gasteiger partial charge in [-0.2, -0.15) is 0 Å². The van der Waals surface area contributed by atoms with E-state index in [-0.39, 0.29) is 23.8 Å². The third-order valence-electron chi connectivity index (χ3n) is 5.20. The number of ether oxygens (including phenoxy) is 1. The second-order valence-corrected chi connectivity index (χ2v) is 7.05. The Kier molecular flexibility index (Phi) is 4.89. The molecular weight excluding hydrogens is 348 g/mol. The number of rotatable bonds is 4. The maximum atomic E-state index is 13.0. The van der Waals surface area contributed by atoms with Crippen LogP contribution in [-0.2, 0) is 11.3 Å². The van der Waals surface area contributed by atoms with Crippen molar-refractivity contribution in [3.05, 3.63) is 47.9 Å². The summed E-state index contributed by atoms with van der Waals surface area (Å²) in [6.07, 6.45) is 6.44. The van der Waals surface area contributed by atoms with Crippen LogP contribution < -0.4 is 0 Å². The molecule has 2 unspecified atom stereocenters. The molecular formula is C19H22N4O4. The van der Waals surface area contributed by atoms with Crippen molar-refractivity contribution in [2.75, 3.05) is 26.7 Å². The van der Waals surface area contributed by atoms with Gasteiger partial charge in [0.2, 0.25) is 0 Å². The predicted molar refractivity (Wildman–Crippen MR) is 94.9 cm³/mol. The van der Waals surface area contributed by atoms with Crippen molar-refractivity contribution in [3.8, 4) is 0 Å². The molecule has 0 N–H and O–H groups in total. The summed E-state index contributed by atoms with van der Waals surface area (Å²) in [5.41, 5.74) is 0.340. The Balaban J connectivity index is 1.51. The average molecular weight is 370 g/mol. The summed E-state index contributed by atoms with van der Waals surface area (Å²) < 4.78 is 10.7. The van der Waals surface area contributed by atoms with Crippen molar-refractivity contribution in [1.29, 1.82) is 0 Å². The molecule has 0 aliphatic carbocycles. The molecule has 2 bridgehead atoms. The van der Waals surface area contributed by atoms with Gasteiger partial charge in [0.15, 0.2) is 5.76 Å². The number of piperidine rings is 1. The van der Waals surface area contributed by atoms with E-state index in [4.69, 9.17) is 9.15 Å². The van der Waals surface area contributed by atoms with Gasteiger partial charge in [-0.05, 0) is 30.9 Å². The SMILES string of the molecule is COCc1ccc(C(=O)N2CC3CCC2CN(C(=O)c2cnccn2)C3)o1. The largest absolute Gasteiger partial charge is 0.453 e. The molecule has 27 heavy (non-hydrogen) atoms. The van der Waals surface area contributed by atoms with Crippen LogP contribution in [-0.4, -0.2) is 64.4 Å². The van der Waals surface area contributed by atoms with E-state index < -0.39 is 0 Å². The van der Waals surface area contributed by atoms with Crippen molar-refractivity contribution in [2.24, 2.45) is 5.92 Å². The Bertz CT molecular complexity index is 822. The lowest BCUT2D eigenvalue weighted by atomic mass is 9.95. The molecule has 0 spiro atoms. The molecule has 3 aliphatic heterocycles. The Hall–Kier alpha value is -2.74. The summed E-state index contributed by atoms with van der Waals surface area (Å²) >= 11 is 0. The number of nitrogens with zero attached hydrogens (tertiary/aromatic N) is 4. The molecule has 0 aromatic carbocycles. The summed E-state index contributed by atoms with van der Waals surface area (Å²) in [5.74, 6) is 0.943. The highest BCUT2D eigenvalue weighted by molar-refractivity contribution is 5.93. The van der Waals surface area contributed by atoms with Gasteiger partial charge >= 0.3 is 0 Å². The highest BCUT2D eigenvalue weighted by Crippen LogP contribution is 2.30. The van der Waals surface area contributed by atoms with E-state index in [0.717, 1.165) is 12.8 Å². The molecule has 8 heteroatoms. The van der Waals surface area contributed by atoms with E-state index in [0.29, 0.717) is 43.5 Å². The first kappa shape index (κ1) is 17.7. The first-order chi connectivity index (χ1) is 13.2. The maximum Gasteiger partial charge on any atom is 0.289 e. The number of hydrogen-bond acceptors (Lipinski definition) is 6. The molecule has 2 amide bonds. The second kappa shape index (κ2) is 7.48. The van der Waals surface area contributed by atoms with Crippen molar-refractivity contribution < 1.29 is 18.7 Å². The zero-order valence-electron chi connectivity index (χ0n) is 15.2. The normalized spacial score (nSPS) is 22.0. The van der Waals surface area contributed by atoms with Crippen molar-refractivity contribution in [2.45, 2.75) is 25.5 Å². The predicted octanol–water partition coefficient (Wildman–Crippen LogP) is 1.59. The summed E-state index contributed by atoms with van der Waals surface area (Å²) in [7, 11) is 1.58. The Labute approximate surface area is 157 Å². The lowest BCUT2D eigenvalue weighted by Crippen LogP contribution is -2.47. The second-order valence-electron chi connectivity index (χ2n) is 7.05. The quantitative estimate of drug-likeness (QED) is 0.812. The minimum Gasteiger partial charge on any atom is -0.453 e. The molecule has 0 radical (unpaired) electrons. The minimum atomic E-state index is -0.130. The van der Waals surface area contributed by atoms with Gasteiger partial charge in [0.05, 0.1) is 6.20 Å². The van der Waals surface area contributed by atoms with Crippen molar-refractivity contribution in [3.63, 3.8) is 0 Å². The molecule has 3 aliphatic rings. The van der Waals surface area contributed by atoms with E-state index in [9.17, 15) is 9.59 Å². The van der Waals surface area contributed by atoms with Crippen LogP contribution in [0.3, 0.4) is 0 Å².